The third kappa shape index (κ3) is 3.47. The molecule has 1 rings (SSSR count). The number of amides is 1. The van der Waals surface area contributed by atoms with Crippen LogP contribution in [0, 0.1) is 12.3 Å². The van der Waals surface area contributed by atoms with Crippen molar-refractivity contribution in [1.29, 1.82) is 0 Å². The second kappa shape index (κ2) is 5.61. The Morgan fingerprint density at radius 1 is 1.37 bits per heavy atom. The summed E-state index contributed by atoms with van der Waals surface area (Å²) in [6, 6.07) is 5.66. The fourth-order valence-electron chi connectivity index (χ4n) is 1.92. The van der Waals surface area contributed by atoms with Gasteiger partial charge >= 0.3 is 0 Å². The van der Waals surface area contributed by atoms with Crippen LogP contribution in [-0.2, 0) is 0 Å². The molecule has 0 fully saturated rings. The van der Waals surface area contributed by atoms with Crippen LogP contribution >= 0.6 is 0 Å². The van der Waals surface area contributed by atoms with Gasteiger partial charge in [0.05, 0.1) is 5.69 Å². The Kier molecular flexibility index (Phi) is 4.58. The van der Waals surface area contributed by atoms with Crippen LogP contribution in [0.1, 0.15) is 43.6 Å². The minimum atomic E-state index is 0.0362. The van der Waals surface area contributed by atoms with Crippen LogP contribution in [0.2, 0.25) is 0 Å². The molecule has 0 heterocycles. The topological polar surface area (TPSA) is 58.4 Å². The summed E-state index contributed by atoms with van der Waals surface area (Å²) < 4.78 is 0. The first-order chi connectivity index (χ1) is 8.68. The van der Waals surface area contributed by atoms with Gasteiger partial charge in [0.15, 0.2) is 0 Å². The summed E-state index contributed by atoms with van der Waals surface area (Å²) in [7, 11) is 1.85. The van der Waals surface area contributed by atoms with Crippen molar-refractivity contribution in [3.8, 4) is 0 Å². The lowest BCUT2D eigenvalue weighted by atomic mass is 9.87. The molecule has 1 atom stereocenters. The van der Waals surface area contributed by atoms with Gasteiger partial charge in [-0.25, -0.2) is 0 Å². The Labute approximate surface area is 115 Å². The highest BCUT2D eigenvalue weighted by Crippen LogP contribution is 2.25. The number of hydrogen-bond acceptors (Lipinski definition) is 3. The third-order valence-corrected chi connectivity index (χ3v) is 3.78. The molecule has 0 saturated carbocycles. The molecule has 106 valence electrons. The van der Waals surface area contributed by atoms with Crippen LogP contribution in [0.4, 0.5) is 5.69 Å². The van der Waals surface area contributed by atoms with Crippen molar-refractivity contribution in [3.63, 3.8) is 0 Å². The predicted octanol–water partition coefficient (Wildman–Crippen LogP) is 2.79. The highest BCUT2D eigenvalue weighted by Gasteiger charge is 2.27. The van der Waals surface area contributed by atoms with E-state index in [4.69, 9.17) is 5.84 Å². The van der Waals surface area contributed by atoms with Gasteiger partial charge in [-0.2, -0.15) is 0 Å². The zero-order valence-electron chi connectivity index (χ0n) is 12.7. The molecule has 0 saturated heterocycles. The fourth-order valence-corrected chi connectivity index (χ4v) is 1.92. The Morgan fingerprint density at radius 3 is 2.37 bits per heavy atom. The molecule has 1 unspecified atom stereocenters. The summed E-state index contributed by atoms with van der Waals surface area (Å²) in [4.78, 5) is 14.3. The quantitative estimate of drug-likeness (QED) is 0.651. The third-order valence-electron chi connectivity index (χ3n) is 3.78. The number of carbonyl (C=O) groups is 1. The average Bonchev–Trinajstić information content (AvgIpc) is 2.34. The van der Waals surface area contributed by atoms with E-state index in [9.17, 15) is 4.79 Å². The van der Waals surface area contributed by atoms with E-state index in [-0.39, 0.29) is 17.4 Å². The van der Waals surface area contributed by atoms with Crippen molar-refractivity contribution in [2.75, 3.05) is 12.5 Å². The van der Waals surface area contributed by atoms with E-state index in [0.717, 1.165) is 11.3 Å². The van der Waals surface area contributed by atoms with Crippen molar-refractivity contribution in [2.45, 2.75) is 40.7 Å². The van der Waals surface area contributed by atoms with Crippen LogP contribution in [-0.4, -0.2) is 23.9 Å². The van der Waals surface area contributed by atoms with E-state index in [1.807, 2.05) is 26.1 Å². The number of carbonyl (C=O) groups excluding carboxylic acids is 1. The number of nitrogens with zero attached hydrogens (tertiary/aromatic N) is 1. The molecule has 4 heteroatoms. The monoisotopic (exact) mass is 263 g/mol. The number of hydrogen-bond donors (Lipinski definition) is 2. The number of benzene rings is 1. The first-order valence-corrected chi connectivity index (χ1v) is 6.53. The van der Waals surface area contributed by atoms with Gasteiger partial charge in [-0.05, 0) is 43.0 Å². The maximum atomic E-state index is 12.5. The minimum Gasteiger partial charge on any atom is -0.338 e. The van der Waals surface area contributed by atoms with Gasteiger partial charge in [0.25, 0.3) is 5.91 Å². The van der Waals surface area contributed by atoms with Crippen molar-refractivity contribution in [1.82, 2.24) is 4.90 Å². The summed E-state index contributed by atoms with van der Waals surface area (Å²) in [5, 5.41) is 0. The van der Waals surface area contributed by atoms with Gasteiger partial charge in [-0.1, -0.05) is 20.8 Å². The van der Waals surface area contributed by atoms with Crippen molar-refractivity contribution in [3.05, 3.63) is 29.3 Å². The summed E-state index contributed by atoms with van der Waals surface area (Å²) in [5.41, 5.74) is 5.16. The average molecular weight is 263 g/mol. The largest absolute Gasteiger partial charge is 0.338 e. The number of rotatable bonds is 3. The van der Waals surface area contributed by atoms with Crippen LogP contribution in [0.15, 0.2) is 18.2 Å². The molecule has 3 N–H and O–H groups in total. The second-order valence-corrected chi connectivity index (χ2v) is 6.13. The summed E-state index contributed by atoms with van der Waals surface area (Å²) >= 11 is 0. The zero-order valence-corrected chi connectivity index (χ0v) is 12.7. The molecule has 0 aromatic heterocycles. The van der Waals surface area contributed by atoms with Gasteiger partial charge in [0, 0.05) is 18.7 Å². The highest BCUT2D eigenvalue weighted by molar-refractivity contribution is 5.95. The smallest absolute Gasteiger partial charge is 0.253 e. The van der Waals surface area contributed by atoms with Crippen molar-refractivity contribution in [2.24, 2.45) is 11.3 Å². The molecular formula is C15H25N3O. The minimum absolute atomic E-state index is 0.0362. The first kappa shape index (κ1) is 15.5. The highest BCUT2D eigenvalue weighted by atomic mass is 16.2. The standard InChI is InChI=1S/C15H25N3O/c1-10-9-12(7-8-13(10)17-16)14(19)18(6)11(2)15(3,4)5/h7-9,11,17H,16H2,1-6H3. The lowest BCUT2D eigenvalue weighted by Gasteiger charge is -2.35. The fraction of sp³-hybridized carbons (Fsp3) is 0.533. The molecule has 4 nitrogen and oxygen atoms in total. The molecule has 0 aliphatic heterocycles. The Hall–Kier alpha value is -1.55. The van der Waals surface area contributed by atoms with Gasteiger partial charge < -0.3 is 10.3 Å². The number of nitrogens with one attached hydrogen (secondary N) is 1. The summed E-state index contributed by atoms with van der Waals surface area (Å²) in [6.07, 6.45) is 0. The van der Waals surface area contributed by atoms with Crippen LogP contribution in [0.5, 0.6) is 0 Å². The molecule has 19 heavy (non-hydrogen) atoms. The molecule has 0 aliphatic carbocycles. The summed E-state index contributed by atoms with van der Waals surface area (Å²) in [5.74, 6) is 5.43. The number of anilines is 1. The number of hydrazine groups is 1. The van der Waals surface area contributed by atoms with Gasteiger partial charge in [-0.15, -0.1) is 0 Å². The summed E-state index contributed by atoms with van der Waals surface area (Å²) in [6.45, 7) is 10.4. The van der Waals surface area contributed by atoms with Gasteiger partial charge in [-0.3, -0.25) is 10.6 Å². The van der Waals surface area contributed by atoms with E-state index in [0.29, 0.717) is 5.56 Å². The van der Waals surface area contributed by atoms with Crippen molar-refractivity contribution < 1.29 is 4.79 Å². The molecule has 1 aromatic carbocycles. The number of nitrogens with two attached hydrogens (primary N) is 1. The lowest BCUT2D eigenvalue weighted by Crippen LogP contribution is -2.43. The molecule has 1 amide bonds. The van der Waals surface area contributed by atoms with Crippen LogP contribution in [0.25, 0.3) is 0 Å². The maximum absolute atomic E-state index is 12.5. The van der Waals surface area contributed by atoms with E-state index in [1.165, 1.54) is 0 Å². The molecule has 0 bridgehead atoms. The Balaban J connectivity index is 2.98. The zero-order chi connectivity index (χ0) is 14.8. The Bertz CT molecular complexity index is 463. The predicted molar refractivity (Wildman–Crippen MR) is 80.0 cm³/mol. The Morgan fingerprint density at radius 2 is 1.95 bits per heavy atom. The van der Waals surface area contributed by atoms with E-state index < -0.39 is 0 Å². The van der Waals surface area contributed by atoms with Gasteiger partial charge in [0.1, 0.15) is 0 Å². The lowest BCUT2D eigenvalue weighted by molar-refractivity contribution is 0.0629. The van der Waals surface area contributed by atoms with E-state index in [2.05, 4.69) is 33.1 Å². The second-order valence-electron chi connectivity index (χ2n) is 6.13. The SMILES string of the molecule is Cc1cc(C(=O)N(C)C(C)C(C)(C)C)ccc1NN. The normalized spacial score (nSPS) is 13.0. The molecular weight excluding hydrogens is 238 g/mol. The number of aryl methyl sites for hydroxylation is 1. The van der Waals surface area contributed by atoms with E-state index in [1.54, 1.807) is 11.0 Å². The van der Waals surface area contributed by atoms with Crippen LogP contribution in [0.3, 0.4) is 0 Å². The van der Waals surface area contributed by atoms with Gasteiger partial charge in [0.2, 0.25) is 0 Å². The molecule has 0 spiro atoms. The first-order valence-electron chi connectivity index (χ1n) is 6.53. The van der Waals surface area contributed by atoms with E-state index >= 15 is 0 Å². The molecule has 1 aromatic rings. The van der Waals surface area contributed by atoms with Crippen molar-refractivity contribution >= 4 is 11.6 Å². The number of nitrogen functional groups attached to an aromatic ring is 1. The molecule has 0 aliphatic rings. The maximum Gasteiger partial charge on any atom is 0.253 e. The van der Waals surface area contributed by atoms with Crippen LogP contribution < -0.4 is 11.3 Å². The molecule has 0 radical (unpaired) electrons.